The van der Waals surface area contributed by atoms with Gasteiger partial charge < -0.3 is 5.32 Å². The first-order chi connectivity index (χ1) is 8.72. The lowest BCUT2D eigenvalue weighted by Gasteiger charge is -2.05. The van der Waals surface area contributed by atoms with Crippen LogP contribution in [0.4, 0.5) is 11.5 Å². The predicted molar refractivity (Wildman–Crippen MR) is 68.1 cm³/mol. The van der Waals surface area contributed by atoms with E-state index in [9.17, 15) is 4.79 Å². The maximum absolute atomic E-state index is 11.3. The Labute approximate surface area is 102 Å². The summed E-state index contributed by atoms with van der Waals surface area (Å²) < 4.78 is 1.35. The van der Waals surface area contributed by atoms with Gasteiger partial charge in [0.2, 0.25) is 0 Å². The Hall–Kier alpha value is -2.63. The third-order valence-electron chi connectivity index (χ3n) is 2.61. The third-order valence-corrected chi connectivity index (χ3v) is 2.61. The van der Waals surface area contributed by atoms with Crippen LogP contribution in [-0.2, 0) is 0 Å². The van der Waals surface area contributed by atoms with Gasteiger partial charge in [0.05, 0.1) is 0 Å². The second-order valence-corrected chi connectivity index (χ2v) is 4.00. The number of benzene rings is 1. The van der Waals surface area contributed by atoms with Gasteiger partial charge in [-0.2, -0.15) is 4.98 Å². The maximum atomic E-state index is 11.3. The van der Waals surface area contributed by atoms with Gasteiger partial charge in [0.1, 0.15) is 5.82 Å². The molecule has 0 fully saturated rings. The molecule has 90 valence electrons. The van der Waals surface area contributed by atoms with Crippen LogP contribution in [0.2, 0.25) is 0 Å². The van der Waals surface area contributed by atoms with Crippen molar-refractivity contribution in [3.63, 3.8) is 0 Å². The third kappa shape index (κ3) is 1.84. The minimum Gasteiger partial charge on any atom is -0.340 e. The quantitative estimate of drug-likeness (QED) is 0.712. The number of aromatic nitrogens is 4. The van der Waals surface area contributed by atoms with E-state index in [4.69, 9.17) is 0 Å². The van der Waals surface area contributed by atoms with Gasteiger partial charge in [0.15, 0.2) is 0 Å². The van der Waals surface area contributed by atoms with Crippen molar-refractivity contribution in [2.45, 2.75) is 6.92 Å². The van der Waals surface area contributed by atoms with Crippen LogP contribution in [0, 0.1) is 6.92 Å². The topological polar surface area (TPSA) is 75.1 Å². The molecule has 6 nitrogen and oxygen atoms in total. The maximum Gasteiger partial charge on any atom is 0.348 e. The fourth-order valence-corrected chi connectivity index (χ4v) is 1.65. The van der Waals surface area contributed by atoms with Crippen LogP contribution in [0.1, 0.15) is 5.56 Å². The van der Waals surface area contributed by atoms with Crippen molar-refractivity contribution in [1.82, 2.24) is 19.6 Å². The molecule has 2 N–H and O–H groups in total. The first-order valence-corrected chi connectivity index (χ1v) is 5.50. The lowest BCUT2D eigenvalue weighted by atomic mass is 10.2. The van der Waals surface area contributed by atoms with Crippen LogP contribution >= 0.6 is 0 Å². The zero-order chi connectivity index (χ0) is 12.5. The summed E-state index contributed by atoms with van der Waals surface area (Å²) in [6, 6.07) is 9.69. The molecule has 3 rings (SSSR count). The molecule has 6 heteroatoms. The van der Waals surface area contributed by atoms with Crippen molar-refractivity contribution in [3.8, 4) is 0 Å². The molecule has 1 aromatic carbocycles. The predicted octanol–water partition coefficient (Wildman–Crippen LogP) is 1.47. The average Bonchev–Trinajstić information content (AvgIpc) is 2.74. The van der Waals surface area contributed by atoms with Gasteiger partial charge in [-0.3, -0.25) is 0 Å². The minimum absolute atomic E-state index is 0.292. The van der Waals surface area contributed by atoms with Crippen LogP contribution in [0.25, 0.3) is 5.78 Å². The van der Waals surface area contributed by atoms with Crippen LogP contribution in [0.3, 0.4) is 0 Å². The fourth-order valence-electron chi connectivity index (χ4n) is 1.65. The normalized spacial score (nSPS) is 10.7. The Morgan fingerprint density at radius 2 is 2.00 bits per heavy atom. The number of fused-ring (bicyclic) bond motifs is 1. The van der Waals surface area contributed by atoms with Gasteiger partial charge in [-0.15, -0.1) is 5.10 Å². The molecule has 0 unspecified atom stereocenters. The molecule has 0 saturated heterocycles. The van der Waals surface area contributed by atoms with Gasteiger partial charge in [-0.05, 0) is 25.1 Å². The number of H-pyrrole nitrogens is 1. The number of hydrogen-bond acceptors (Lipinski definition) is 4. The molecule has 0 atom stereocenters. The molecule has 0 bridgehead atoms. The summed E-state index contributed by atoms with van der Waals surface area (Å²) in [5.74, 6) is 0.988. The summed E-state index contributed by atoms with van der Waals surface area (Å²) in [6.45, 7) is 2.03. The number of hydrogen-bond donors (Lipinski definition) is 2. The zero-order valence-corrected chi connectivity index (χ0v) is 9.71. The summed E-state index contributed by atoms with van der Waals surface area (Å²) in [4.78, 5) is 15.5. The summed E-state index contributed by atoms with van der Waals surface area (Å²) in [6.07, 6.45) is 1.63. The van der Waals surface area contributed by atoms with Crippen LogP contribution in [0.15, 0.2) is 41.3 Å². The summed E-state index contributed by atoms with van der Waals surface area (Å²) >= 11 is 0. The van der Waals surface area contributed by atoms with Gasteiger partial charge >= 0.3 is 5.69 Å². The Bertz CT molecular complexity index is 741. The highest BCUT2D eigenvalue weighted by atomic mass is 16.1. The summed E-state index contributed by atoms with van der Waals surface area (Å²) in [7, 11) is 0. The molecule has 2 aromatic heterocycles. The molecule has 0 saturated carbocycles. The van der Waals surface area contributed by atoms with Crippen molar-refractivity contribution < 1.29 is 0 Å². The number of aromatic amines is 1. The molecule has 2 heterocycles. The van der Waals surface area contributed by atoms with E-state index in [2.05, 4.69) is 20.5 Å². The molecule has 0 aliphatic rings. The Balaban J connectivity index is 1.95. The molecule has 18 heavy (non-hydrogen) atoms. The van der Waals surface area contributed by atoms with E-state index in [0.717, 1.165) is 5.69 Å². The highest BCUT2D eigenvalue weighted by molar-refractivity contribution is 5.57. The van der Waals surface area contributed by atoms with E-state index in [1.807, 2.05) is 31.2 Å². The molecule has 0 amide bonds. The zero-order valence-electron chi connectivity index (χ0n) is 9.71. The highest BCUT2D eigenvalue weighted by Gasteiger charge is 2.02. The van der Waals surface area contributed by atoms with Crippen molar-refractivity contribution in [3.05, 3.63) is 52.6 Å². The van der Waals surface area contributed by atoms with E-state index >= 15 is 0 Å². The largest absolute Gasteiger partial charge is 0.348 e. The number of nitrogens with one attached hydrogen (secondary N) is 2. The van der Waals surface area contributed by atoms with Crippen LogP contribution in [-0.4, -0.2) is 19.6 Å². The first kappa shape index (κ1) is 10.5. The fraction of sp³-hybridized carbons (Fsp3) is 0.0833. The summed E-state index contributed by atoms with van der Waals surface area (Å²) in [5, 5.41) is 9.30. The lowest BCUT2D eigenvalue weighted by Crippen LogP contribution is -2.09. The van der Waals surface area contributed by atoms with Gasteiger partial charge in [-0.1, -0.05) is 17.7 Å². The van der Waals surface area contributed by atoms with E-state index in [-0.39, 0.29) is 5.69 Å². The number of rotatable bonds is 2. The second-order valence-electron chi connectivity index (χ2n) is 4.00. The molecule has 0 spiro atoms. The van der Waals surface area contributed by atoms with E-state index in [1.54, 1.807) is 12.3 Å². The van der Waals surface area contributed by atoms with Crippen LogP contribution in [0.5, 0.6) is 0 Å². The highest BCUT2D eigenvalue weighted by Crippen LogP contribution is 2.14. The number of aryl methyl sites for hydroxylation is 1. The van der Waals surface area contributed by atoms with Gasteiger partial charge in [0.25, 0.3) is 5.78 Å². The average molecular weight is 241 g/mol. The first-order valence-electron chi connectivity index (χ1n) is 5.50. The monoisotopic (exact) mass is 241 g/mol. The minimum atomic E-state index is -0.292. The standard InChI is InChI=1S/C12H11N5O/c1-8-2-4-9(5-3-8)13-10-6-7-17-11(14-10)15-16-12(17)18/h2-7H,1H3,(H,16,18)(H,13,14,15). The van der Waals surface area contributed by atoms with Crippen LogP contribution < -0.4 is 11.0 Å². The van der Waals surface area contributed by atoms with E-state index in [1.165, 1.54) is 9.96 Å². The molecule has 0 aliphatic heterocycles. The van der Waals surface area contributed by atoms with Crippen molar-refractivity contribution >= 4 is 17.3 Å². The molecule has 0 radical (unpaired) electrons. The number of anilines is 2. The van der Waals surface area contributed by atoms with Gasteiger partial charge in [0, 0.05) is 11.9 Å². The Morgan fingerprint density at radius 3 is 2.78 bits per heavy atom. The lowest BCUT2D eigenvalue weighted by molar-refractivity contribution is 1.02. The second kappa shape index (κ2) is 3.99. The Morgan fingerprint density at radius 1 is 1.22 bits per heavy atom. The van der Waals surface area contributed by atoms with Crippen molar-refractivity contribution in [1.29, 1.82) is 0 Å². The number of nitrogens with zero attached hydrogens (tertiary/aromatic N) is 3. The van der Waals surface area contributed by atoms with Crippen molar-refractivity contribution in [2.24, 2.45) is 0 Å². The van der Waals surface area contributed by atoms with E-state index < -0.39 is 0 Å². The Kier molecular flexibility index (Phi) is 2.33. The molecular weight excluding hydrogens is 230 g/mol. The van der Waals surface area contributed by atoms with Gasteiger partial charge in [-0.25, -0.2) is 14.3 Å². The van der Waals surface area contributed by atoms with E-state index in [0.29, 0.717) is 11.6 Å². The molecular formula is C12H11N5O. The molecule has 3 aromatic rings. The summed E-state index contributed by atoms with van der Waals surface area (Å²) in [5.41, 5.74) is 1.84. The molecule has 0 aliphatic carbocycles. The SMILES string of the molecule is Cc1ccc(Nc2ccn3c(=O)[nH]nc3n2)cc1. The van der Waals surface area contributed by atoms with Crippen molar-refractivity contribution in [2.75, 3.05) is 5.32 Å². The smallest absolute Gasteiger partial charge is 0.340 e.